The molecule has 1 rings (SSSR count). The third-order valence-electron chi connectivity index (χ3n) is 3.62. The van der Waals surface area contributed by atoms with Gasteiger partial charge in [0.1, 0.15) is 0 Å². The Hall–Kier alpha value is -1.52. The number of unbranched alkanes of at least 4 members (excludes halogenated alkanes) is 1. The summed E-state index contributed by atoms with van der Waals surface area (Å²) in [5.74, 6) is -1.20. The van der Waals surface area contributed by atoms with Crippen LogP contribution >= 0.6 is 0 Å². The summed E-state index contributed by atoms with van der Waals surface area (Å²) in [6.45, 7) is 3.77. The number of hydrogen-bond acceptors (Lipinski definition) is 2. The van der Waals surface area contributed by atoms with E-state index in [0.29, 0.717) is 18.4 Å². The minimum Gasteiger partial charge on any atom is -0.452 e. The number of benzene rings is 1. The van der Waals surface area contributed by atoms with Crippen molar-refractivity contribution in [1.82, 2.24) is 0 Å². The molecule has 22 heavy (non-hydrogen) atoms. The van der Waals surface area contributed by atoms with E-state index in [2.05, 4.69) is 0 Å². The molecule has 0 N–H and O–H groups in total. The van der Waals surface area contributed by atoms with Crippen LogP contribution in [0.3, 0.4) is 0 Å². The zero-order valence-corrected chi connectivity index (χ0v) is 13.0. The number of carbonyl (C=O) groups excluding carboxylic acids is 1. The average molecular weight is 316 g/mol. The molecular weight excluding hydrogens is 293 g/mol. The maximum absolute atomic E-state index is 13.1. The molecule has 0 saturated carbocycles. The van der Waals surface area contributed by atoms with Crippen molar-refractivity contribution in [2.24, 2.45) is 5.92 Å². The first kappa shape index (κ1) is 18.5. The molecule has 0 aliphatic rings. The van der Waals surface area contributed by atoms with Crippen molar-refractivity contribution in [3.05, 3.63) is 35.9 Å². The van der Waals surface area contributed by atoms with E-state index in [-0.39, 0.29) is 6.42 Å². The van der Waals surface area contributed by atoms with E-state index in [9.17, 15) is 18.0 Å². The van der Waals surface area contributed by atoms with Crippen molar-refractivity contribution in [2.75, 3.05) is 0 Å². The highest BCUT2D eigenvalue weighted by Gasteiger charge is 2.43. The molecule has 0 radical (unpaired) electrons. The molecule has 0 spiro atoms. The van der Waals surface area contributed by atoms with Gasteiger partial charge >= 0.3 is 12.1 Å². The molecule has 0 aromatic heterocycles. The summed E-state index contributed by atoms with van der Waals surface area (Å²) in [4.78, 5) is 12.0. The molecule has 0 bridgehead atoms. The van der Waals surface area contributed by atoms with E-state index >= 15 is 0 Å². The van der Waals surface area contributed by atoms with Crippen LogP contribution in [0.1, 0.15) is 45.1 Å². The first-order chi connectivity index (χ1) is 10.4. The Morgan fingerprint density at radius 3 is 2.32 bits per heavy atom. The quantitative estimate of drug-likeness (QED) is 0.636. The summed E-state index contributed by atoms with van der Waals surface area (Å²) in [5.41, 5.74) is 0.499. The van der Waals surface area contributed by atoms with Gasteiger partial charge in [-0.2, -0.15) is 13.2 Å². The second-order valence-corrected chi connectivity index (χ2v) is 5.40. The molecule has 0 aliphatic carbocycles. The molecule has 0 amide bonds. The van der Waals surface area contributed by atoms with Gasteiger partial charge in [0.2, 0.25) is 6.10 Å². The van der Waals surface area contributed by atoms with Crippen LogP contribution in [0, 0.1) is 5.92 Å². The topological polar surface area (TPSA) is 26.3 Å². The van der Waals surface area contributed by atoms with Crippen LogP contribution in [-0.2, 0) is 16.0 Å². The Bertz CT molecular complexity index is 443. The fraction of sp³-hybridized carbons (Fsp3) is 0.588. The van der Waals surface area contributed by atoms with Crippen molar-refractivity contribution in [2.45, 2.75) is 58.2 Å². The summed E-state index contributed by atoms with van der Waals surface area (Å²) in [7, 11) is 0. The van der Waals surface area contributed by atoms with Crippen LogP contribution in [0.15, 0.2) is 30.3 Å². The van der Waals surface area contributed by atoms with Crippen molar-refractivity contribution < 1.29 is 22.7 Å². The molecule has 5 heteroatoms. The van der Waals surface area contributed by atoms with E-state index < -0.39 is 24.2 Å². The molecule has 2 nitrogen and oxygen atoms in total. The number of rotatable bonds is 8. The molecule has 2 atom stereocenters. The fourth-order valence-electron chi connectivity index (χ4n) is 2.23. The summed E-state index contributed by atoms with van der Waals surface area (Å²) in [6.07, 6.45) is -4.22. The smallest absolute Gasteiger partial charge is 0.425 e. The van der Waals surface area contributed by atoms with Gasteiger partial charge in [0.15, 0.2) is 0 Å². The number of ether oxygens (including phenoxy) is 1. The Morgan fingerprint density at radius 1 is 1.18 bits per heavy atom. The lowest BCUT2D eigenvalue weighted by atomic mass is 9.99. The monoisotopic (exact) mass is 316 g/mol. The van der Waals surface area contributed by atoms with Crippen molar-refractivity contribution >= 4 is 5.97 Å². The Kier molecular flexibility index (Phi) is 7.42. The zero-order chi connectivity index (χ0) is 16.6. The lowest BCUT2D eigenvalue weighted by Crippen LogP contribution is -2.37. The van der Waals surface area contributed by atoms with Crippen LogP contribution < -0.4 is 0 Å². The third-order valence-corrected chi connectivity index (χ3v) is 3.62. The molecule has 1 aromatic rings. The minimum absolute atomic E-state index is 0.347. The zero-order valence-electron chi connectivity index (χ0n) is 13.0. The molecule has 0 saturated heterocycles. The van der Waals surface area contributed by atoms with E-state index in [0.717, 1.165) is 12.8 Å². The molecular formula is C17H23F3O2. The Morgan fingerprint density at radius 2 is 1.82 bits per heavy atom. The van der Waals surface area contributed by atoms with Gasteiger partial charge in [-0.3, -0.25) is 4.79 Å². The number of alkyl halides is 3. The van der Waals surface area contributed by atoms with E-state index in [1.165, 1.54) is 0 Å². The molecule has 0 heterocycles. The molecule has 1 aromatic carbocycles. The predicted octanol–water partition coefficient (Wildman–Crippen LogP) is 4.92. The van der Waals surface area contributed by atoms with Gasteiger partial charge < -0.3 is 4.74 Å². The third kappa shape index (κ3) is 6.08. The Labute approximate surface area is 129 Å². The number of esters is 1. The second kappa shape index (κ2) is 8.81. The fourth-order valence-corrected chi connectivity index (χ4v) is 2.23. The summed E-state index contributed by atoms with van der Waals surface area (Å²) in [5, 5.41) is 0. The number of halogens is 3. The van der Waals surface area contributed by atoms with Crippen LogP contribution in [0.5, 0.6) is 0 Å². The maximum atomic E-state index is 13.1. The summed E-state index contributed by atoms with van der Waals surface area (Å²) < 4.78 is 44.1. The van der Waals surface area contributed by atoms with Crippen LogP contribution in [0.25, 0.3) is 0 Å². The van der Waals surface area contributed by atoms with Crippen molar-refractivity contribution in [3.63, 3.8) is 0 Å². The van der Waals surface area contributed by atoms with Gasteiger partial charge in [-0.25, -0.2) is 0 Å². The van der Waals surface area contributed by atoms with E-state index in [4.69, 9.17) is 4.74 Å². The SMILES string of the molecule is CCCCC(CC)C(=O)OC(Cc1ccccc1)C(F)(F)F. The molecule has 124 valence electrons. The van der Waals surface area contributed by atoms with Crippen LogP contribution in [0.2, 0.25) is 0 Å². The normalized spacial score (nSPS) is 14.4. The maximum Gasteiger partial charge on any atom is 0.425 e. The second-order valence-electron chi connectivity index (χ2n) is 5.40. The van der Waals surface area contributed by atoms with E-state index in [1.807, 2.05) is 6.92 Å². The lowest BCUT2D eigenvalue weighted by Gasteiger charge is -2.23. The lowest BCUT2D eigenvalue weighted by molar-refractivity contribution is -0.223. The highest BCUT2D eigenvalue weighted by atomic mass is 19.4. The average Bonchev–Trinajstić information content (AvgIpc) is 2.47. The Balaban J connectivity index is 2.74. The van der Waals surface area contributed by atoms with Gasteiger partial charge in [-0.05, 0) is 18.4 Å². The molecule has 0 fully saturated rings. The number of carbonyl (C=O) groups is 1. The summed E-state index contributed by atoms with van der Waals surface area (Å²) in [6, 6.07) is 8.26. The van der Waals surface area contributed by atoms with Crippen molar-refractivity contribution in [1.29, 1.82) is 0 Å². The van der Waals surface area contributed by atoms with Crippen molar-refractivity contribution in [3.8, 4) is 0 Å². The number of hydrogen-bond donors (Lipinski definition) is 0. The van der Waals surface area contributed by atoms with Gasteiger partial charge in [-0.1, -0.05) is 57.0 Å². The highest BCUT2D eigenvalue weighted by Crippen LogP contribution is 2.28. The van der Waals surface area contributed by atoms with E-state index in [1.54, 1.807) is 37.3 Å². The molecule has 2 unspecified atom stereocenters. The van der Waals surface area contributed by atoms with Gasteiger partial charge in [-0.15, -0.1) is 0 Å². The van der Waals surface area contributed by atoms with Gasteiger partial charge in [0.05, 0.1) is 5.92 Å². The van der Waals surface area contributed by atoms with Gasteiger partial charge in [0, 0.05) is 6.42 Å². The standard InChI is InChI=1S/C17H23F3O2/c1-3-5-11-14(4-2)16(21)22-15(17(18,19)20)12-13-9-7-6-8-10-13/h6-10,14-15H,3-5,11-12H2,1-2H3. The minimum atomic E-state index is -4.56. The molecule has 0 aliphatic heterocycles. The highest BCUT2D eigenvalue weighted by molar-refractivity contribution is 5.72. The van der Waals surface area contributed by atoms with Crippen LogP contribution in [0.4, 0.5) is 13.2 Å². The van der Waals surface area contributed by atoms with Gasteiger partial charge in [0.25, 0.3) is 0 Å². The van der Waals surface area contributed by atoms with Crippen LogP contribution in [-0.4, -0.2) is 18.2 Å². The first-order valence-corrected chi connectivity index (χ1v) is 7.69. The first-order valence-electron chi connectivity index (χ1n) is 7.69. The summed E-state index contributed by atoms with van der Waals surface area (Å²) >= 11 is 0. The largest absolute Gasteiger partial charge is 0.452 e. The predicted molar refractivity (Wildman–Crippen MR) is 79.4 cm³/mol.